The van der Waals surface area contributed by atoms with Crippen molar-refractivity contribution in [3.05, 3.63) is 206 Å². The number of hydrogen-bond acceptors (Lipinski definition) is 2. The van der Waals surface area contributed by atoms with Gasteiger partial charge in [0.1, 0.15) is 0 Å². The van der Waals surface area contributed by atoms with Crippen LogP contribution in [-0.2, 0) is 0 Å². The summed E-state index contributed by atoms with van der Waals surface area (Å²) in [5, 5.41) is 4.93. The first-order valence-electron chi connectivity index (χ1n) is 18.3. The molecule has 0 bridgehead atoms. The summed E-state index contributed by atoms with van der Waals surface area (Å²) >= 11 is 0. The third-order valence-corrected chi connectivity index (χ3v) is 13.8. The van der Waals surface area contributed by atoms with E-state index in [4.69, 9.17) is 0 Å². The number of para-hydroxylation sites is 1. The van der Waals surface area contributed by atoms with E-state index in [0.717, 1.165) is 5.69 Å². The largest absolute Gasteiger partial charge is 0.328 e. The summed E-state index contributed by atoms with van der Waals surface area (Å²) in [6.07, 6.45) is 11.5. The minimum Gasteiger partial charge on any atom is -0.328 e. The number of fused-ring (bicyclic) bond motifs is 5. The maximum Gasteiger partial charge on any atom is 0.0607 e. The van der Waals surface area contributed by atoms with Crippen LogP contribution in [0.15, 0.2) is 205 Å². The summed E-state index contributed by atoms with van der Waals surface area (Å²) in [6, 6.07) is 64.5. The standard InChI is InChI=1S/C50H38N2S/c1-53(51-47-33-31-38(35-17-4-2-5-18-35)41-23-10-12-25-43(41)47)50-40(37-21-8-9-22-37)28-16-29-46(50)45-27-14-15-30-48(45)52(53)49-34-32-39(36-19-6-3-7-20-36)42-24-11-13-26-44(42)49/h2-34,37,51H,1H3. The average molecular weight is 699 g/mol. The van der Waals surface area contributed by atoms with Crippen LogP contribution < -0.4 is 9.03 Å². The molecule has 2 nitrogen and oxygen atoms in total. The van der Waals surface area contributed by atoms with Gasteiger partial charge in [0, 0.05) is 33.4 Å². The zero-order valence-electron chi connectivity index (χ0n) is 29.5. The Balaban J connectivity index is 1.26. The van der Waals surface area contributed by atoms with Gasteiger partial charge in [-0.2, -0.15) is 0 Å². The van der Waals surface area contributed by atoms with Crippen molar-refractivity contribution in [1.29, 1.82) is 0 Å². The fraction of sp³-hybridized carbons (Fsp3) is 0.0400. The second-order valence-electron chi connectivity index (χ2n) is 13.9. The van der Waals surface area contributed by atoms with Gasteiger partial charge in [0.15, 0.2) is 0 Å². The highest BCUT2D eigenvalue weighted by atomic mass is 32.3. The Bertz CT molecular complexity index is 2720. The van der Waals surface area contributed by atoms with E-state index in [1.165, 1.54) is 76.8 Å². The Morgan fingerprint density at radius 3 is 1.68 bits per heavy atom. The molecule has 0 amide bonds. The van der Waals surface area contributed by atoms with E-state index < -0.39 is 10.4 Å². The summed E-state index contributed by atoms with van der Waals surface area (Å²) in [5.74, 6) is 0.195. The highest BCUT2D eigenvalue weighted by Crippen LogP contribution is 2.69. The lowest BCUT2D eigenvalue weighted by Crippen LogP contribution is -2.33. The van der Waals surface area contributed by atoms with Crippen molar-refractivity contribution in [3.8, 4) is 33.4 Å². The van der Waals surface area contributed by atoms with Crippen LogP contribution in [0.4, 0.5) is 17.1 Å². The van der Waals surface area contributed by atoms with Gasteiger partial charge in [-0.1, -0.05) is 192 Å². The third kappa shape index (κ3) is 5.11. The Labute approximate surface area is 313 Å². The molecule has 10 rings (SSSR count). The van der Waals surface area contributed by atoms with Gasteiger partial charge in [-0.15, -0.1) is 0 Å². The summed E-state index contributed by atoms with van der Waals surface area (Å²) in [6.45, 7) is 0. The van der Waals surface area contributed by atoms with Crippen molar-refractivity contribution >= 4 is 49.0 Å². The first-order valence-corrected chi connectivity index (χ1v) is 20.3. The Kier molecular flexibility index (Phi) is 7.56. The molecule has 8 aromatic rings. The third-order valence-electron chi connectivity index (χ3n) is 10.9. The lowest BCUT2D eigenvalue weighted by molar-refractivity contribution is 1.04. The fourth-order valence-electron chi connectivity index (χ4n) is 8.50. The Hall–Kier alpha value is -6.29. The molecule has 1 aliphatic carbocycles. The predicted molar refractivity (Wildman–Crippen MR) is 229 cm³/mol. The van der Waals surface area contributed by atoms with Crippen molar-refractivity contribution in [2.45, 2.75) is 10.8 Å². The molecule has 1 unspecified atom stereocenters. The lowest BCUT2D eigenvalue weighted by atomic mass is 9.94. The zero-order valence-corrected chi connectivity index (χ0v) is 30.3. The summed E-state index contributed by atoms with van der Waals surface area (Å²) in [5.41, 5.74) is 12.3. The minimum absolute atomic E-state index is 0.195. The molecular weight excluding hydrogens is 661 g/mol. The topological polar surface area (TPSA) is 15.3 Å². The van der Waals surface area contributed by atoms with Crippen LogP contribution in [-0.4, -0.2) is 6.26 Å². The normalized spacial score (nSPS) is 17.4. The molecule has 0 saturated heterocycles. The van der Waals surface area contributed by atoms with E-state index in [1.54, 1.807) is 0 Å². The quantitative estimate of drug-likeness (QED) is 0.186. The minimum atomic E-state index is -2.05. The van der Waals surface area contributed by atoms with Crippen molar-refractivity contribution in [2.75, 3.05) is 15.3 Å². The molecule has 0 fully saturated rings. The first kappa shape index (κ1) is 31.4. The van der Waals surface area contributed by atoms with Crippen LogP contribution in [0.3, 0.4) is 0 Å². The van der Waals surface area contributed by atoms with Gasteiger partial charge < -0.3 is 4.72 Å². The van der Waals surface area contributed by atoms with Gasteiger partial charge in [0.05, 0.1) is 17.1 Å². The number of nitrogens with zero attached hydrogens (tertiary/aromatic N) is 1. The van der Waals surface area contributed by atoms with Gasteiger partial charge >= 0.3 is 0 Å². The van der Waals surface area contributed by atoms with Crippen molar-refractivity contribution in [1.82, 2.24) is 0 Å². The maximum atomic E-state index is 4.36. The highest BCUT2D eigenvalue weighted by Gasteiger charge is 2.41. The second-order valence-corrected chi connectivity index (χ2v) is 16.7. The number of allylic oxidation sites excluding steroid dienone is 4. The summed E-state index contributed by atoms with van der Waals surface area (Å²) in [4.78, 5) is 1.37. The van der Waals surface area contributed by atoms with Crippen molar-refractivity contribution in [3.63, 3.8) is 0 Å². The molecule has 1 N–H and O–H groups in total. The van der Waals surface area contributed by atoms with E-state index in [0.29, 0.717) is 0 Å². The van der Waals surface area contributed by atoms with Crippen LogP contribution >= 0.6 is 10.4 Å². The maximum absolute atomic E-state index is 4.36. The molecule has 1 atom stereocenters. The molecule has 53 heavy (non-hydrogen) atoms. The Morgan fingerprint density at radius 1 is 0.434 bits per heavy atom. The van der Waals surface area contributed by atoms with Crippen LogP contribution in [0, 0.1) is 0 Å². The van der Waals surface area contributed by atoms with Gasteiger partial charge in [-0.3, -0.25) is 4.31 Å². The number of benzene rings is 8. The molecule has 0 aromatic heterocycles. The number of anilines is 3. The van der Waals surface area contributed by atoms with Gasteiger partial charge in [-0.25, -0.2) is 0 Å². The number of hydrogen-bond donors (Lipinski definition) is 1. The number of rotatable bonds is 6. The monoisotopic (exact) mass is 698 g/mol. The summed E-state index contributed by atoms with van der Waals surface area (Å²) < 4.78 is 7.02. The summed E-state index contributed by atoms with van der Waals surface area (Å²) in [7, 11) is -2.05. The van der Waals surface area contributed by atoms with Crippen molar-refractivity contribution in [2.24, 2.45) is 0 Å². The van der Waals surface area contributed by atoms with E-state index in [-0.39, 0.29) is 5.92 Å². The Morgan fingerprint density at radius 2 is 0.981 bits per heavy atom. The molecule has 2 aliphatic rings. The molecule has 8 aromatic carbocycles. The molecule has 0 spiro atoms. The van der Waals surface area contributed by atoms with Crippen molar-refractivity contribution < 1.29 is 0 Å². The first-order chi connectivity index (χ1) is 26.2. The SMILES string of the molecule is CS1(Nc2ccc(-c3ccccc3)c3ccccc23)c2c(cccc2C2C=CC=C2)-c2ccccc2N1c1ccc(-c2ccccc2)c2ccccc12. The highest BCUT2D eigenvalue weighted by molar-refractivity contribution is 8.35. The van der Waals surface area contributed by atoms with Crippen LogP contribution in [0.5, 0.6) is 0 Å². The van der Waals surface area contributed by atoms with E-state index in [9.17, 15) is 0 Å². The average Bonchev–Trinajstić information content (AvgIpc) is 3.77. The number of nitrogens with one attached hydrogen (secondary N) is 1. The fourth-order valence-corrected chi connectivity index (χ4v) is 11.9. The van der Waals surface area contributed by atoms with Crippen LogP contribution in [0.2, 0.25) is 0 Å². The lowest BCUT2D eigenvalue weighted by Gasteiger charge is -2.54. The molecular formula is C50H38N2S. The van der Waals surface area contributed by atoms with E-state index in [1.807, 2.05) is 0 Å². The molecule has 0 radical (unpaired) electrons. The molecule has 1 heterocycles. The van der Waals surface area contributed by atoms with Gasteiger partial charge in [-0.05, 0) is 62.4 Å². The van der Waals surface area contributed by atoms with E-state index >= 15 is 0 Å². The molecule has 254 valence electrons. The van der Waals surface area contributed by atoms with Gasteiger partial charge in [0.2, 0.25) is 0 Å². The second kappa shape index (κ2) is 12.7. The smallest absolute Gasteiger partial charge is 0.0607 e. The van der Waals surface area contributed by atoms with Gasteiger partial charge in [0.25, 0.3) is 0 Å². The van der Waals surface area contributed by atoms with Crippen LogP contribution in [0.1, 0.15) is 11.5 Å². The predicted octanol–water partition coefficient (Wildman–Crippen LogP) is 14.1. The zero-order chi connectivity index (χ0) is 35.4. The molecule has 1 aliphatic heterocycles. The molecule has 3 heteroatoms. The van der Waals surface area contributed by atoms with Crippen LogP contribution in [0.25, 0.3) is 54.9 Å². The molecule has 0 saturated carbocycles. The van der Waals surface area contributed by atoms with E-state index in [2.05, 4.69) is 216 Å².